The van der Waals surface area contributed by atoms with Gasteiger partial charge in [0, 0.05) is 23.6 Å². The number of nitrogens with two attached hydrogens (primary N) is 3. The smallest absolute Gasteiger partial charge is 0.350 e. The van der Waals surface area contributed by atoms with Crippen LogP contribution in [-0.2, 0) is 69.3 Å². The Morgan fingerprint density at radius 3 is 1.63 bits per heavy atom. The van der Waals surface area contributed by atoms with E-state index in [4.69, 9.17) is 66.8 Å². The standard InChI is InChI=1S/C24H34ClN6O5P.C9H14N5O4P.C9H19NO2.ClH.FH.V/c1-5-6-7-12-34-23(32)24(3,4)30-37(33,36-19-10-8-18(25)9-11-19)16-35-17(2)13-31-15-29-20-21(26)27-14-28-22(20)31;1-6(18-5-19(15,16)17)2-14-4-13-7-8(10)11-3-12-9(7)14;1-4-5-6-7-12-8(11)9(2,3)10;;;/h8-11,14-15,17H,5-7,12-13,16H2,1-4H3,(H,30,33)(H2,26,27,28);3-4,6H,2,5H2,1H3,(H2,10,11,12)(H2,15,16,17);4-7,10H2,1-3H3;2*1H;/t17-,37?;6-;;;;/m11..../s1/i/hT. The molecule has 0 aliphatic carbocycles. The normalized spacial score (nSPS) is 13.2. The first-order valence-corrected chi connectivity index (χ1v) is 25.9. The zero-order valence-corrected chi connectivity index (χ0v) is 45.9. The van der Waals surface area contributed by atoms with Crippen LogP contribution < -0.4 is 26.8 Å². The van der Waals surface area contributed by atoms with Gasteiger partial charge >= 0.3 is 27.1 Å². The van der Waals surface area contributed by atoms with Crippen LogP contribution in [-0.4, -0.2) is 111 Å². The van der Waals surface area contributed by atoms with Gasteiger partial charge < -0.3 is 59.6 Å². The fraction of sp³-hybridized carbons (Fsp3) is 0.571. The van der Waals surface area contributed by atoms with Crippen molar-refractivity contribution in [3.8, 4) is 5.75 Å². The molecule has 5 rings (SSSR count). The molecule has 0 aliphatic heterocycles. The van der Waals surface area contributed by atoms with E-state index in [1.807, 2.05) is 6.92 Å². The van der Waals surface area contributed by atoms with Crippen molar-refractivity contribution in [2.24, 2.45) is 5.73 Å². The maximum absolute atomic E-state index is 14.0. The summed E-state index contributed by atoms with van der Waals surface area (Å²) in [5, 5.41) is 3.38. The zero-order chi connectivity index (χ0) is 52.7. The molecule has 9 N–H and O–H groups in total. The third-order valence-corrected chi connectivity index (χ3v) is 12.0. The Balaban J connectivity index is 0.00000120. The summed E-state index contributed by atoms with van der Waals surface area (Å²) in [6.07, 6.45) is 9.96. The Labute approximate surface area is 437 Å². The number of ether oxygens (including phenoxy) is 4. The van der Waals surface area contributed by atoms with Crippen molar-refractivity contribution in [3.05, 3.63) is 54.6 Å². The Morgan fingerprint density at radius 1 is 0.775 bits per heavy atom. The summed E-state index contributed by atoms with van der Waals surface area (Å²) in [6, 6.07) is 6.43. The van der Waals surface area contributed by atoms with Gasteiger partial charge in [-0.3, -0.25) is 23.4 Å². The molecule has 0 amide bonds. The molecule has 0 saturated carbocycles. The third kappa shape index (κ3) is 23.6. The molecule has 0 spiro atoms. The largest absolute Gasteiger partial charge is 0.464 e. The summed E-state index contributed by atoms with van der Waals surface area (Å²) in [7, 11) is -7.92. The molecule has 0 bridgehead atoms. The molecule has 1 aromatic carbocycles. The van der Waals surface area contributed by atoms with Crippen molar-refractivity contribution < 1.29 is 75.3 Å². The summed E-state index contributed by atoms with van der Waals surface area (Å²) in [5.41, 5.74) is 17.0. The van der Waals surface area contributed by atoms with Gasteiger partial charge in [0.2, 0.25) is 0 Å². The molecule has 3 atom stereocenters. The second-order valence-corrected chi connectivity index (χ2v) is 20.9. The number of fused-ring (bicyclic) bond motifs is 2. The van der Waals surface area contributed by atoms with Crippen molar-refractivity contribution in [1.82, 2.24) is 44.1 Å². The minimum Gasteiger partial charge on any atom is -0.464 e. The number of anilines is 2. The second kappa shape index (κ2) is 31.5. The minimum atomic E-state index is -4.16. The summed E-state index contributed by atoms with van der Waals surface area (Å²) in [6.45, 7) is 15.7. The fourth-order valence-electron chi connectivity index (χ4n) is 5.79. The number of carbonyl (C=O) groups excluding carboxylic acids is 2. The predicted molar refractivity (Wildman–Crippen MR) is 268 cm³/mol. The van der Waals surface area contributed by atoms with Crippen molar-refractivity contribution >= 4 is 85.0 Å². The van der Waals surface area contributed by atoms with Crippen LogP contribution in [0.2, 0.25) is 5.02 Å². The van der Waals surface area contributed by atoms with E-state index < -0.39 is 50.7 Å². The van der Waals surface area contributed by atoms with E-state index in [2.05, 4.69) is 50.3 Å². The van der Waals surface area contributed by atoms with E-state index in [0.717, 1.165) is 38.5 Å². The SMILES string of the molecule is CCCCCOC(=O)C(C)(C)N.CCCCCOC(=O)C(C)(C)NP(=O)(CO[C@H](C)Cn1cnc2c(N)ncnc21)Oc1ccc(Cl)cc1.C[C@H](Cn1cnc2c(N)ncnc21)OCP(=O)(O)O.Cl.[3H]F.[V]. The molecule has 5 aromatic rings. The molecule has 29 heteroatoms. The van der Waals surface area contributed by atoms with Gasteiger partial charge in [-0.2, -0.15) is 0 Å². The molecule has 0 fully saturated rings. The van der Waals surface area contributed by atoms with Gasteiger partial charge in [-0.15, -0.1) is 12.4 Å². The van der Waals surface area contributed by atoms with Gasteiger partial charge in [0.1, 0.15) is 53.2 Å². The van der Waals surface area contributed by atoms with Gasteiger partial charge in [-0.1, -0.05) is 51.1 Å². The van der Waals surface area contributed by atoms with Gasteiger partial charge in [0.05, 0.1) is 51.2 Å². The van der Waals surface area contributed by atoms with Gasteiger partial charge in [0.15, 0.2) is 22.9 Å². The first kappa shape index (κ1) is 65.0. The minimum absolute atomic E-state index is 0. The Kier molecular flexibility index (Phi) is 28.9. The average molecular weight is 1120 g/mol. The van der Waals surface area contributed by atoms with Gasteiger partial charge in [-0.05, 0) is 78.6 Å². The Bertz CT molecular complexity index is 2470. The number of aromatic nitrogens is 8. The van der Waals surface area contributed by atoms with Crippen LogP contribution in [0.1, 0.15) is 93.9 Å². The van der Waals surface area contributed by atoms with E-state index in [-0.39, 0.29) is 54.9 Å². The quantitative estimate of drug-likeness (QED) is 0.0211. The van der Waals surface area contributed by atoms with E-state index in [1.165, 1.54) is 19.0 Å². The van der Waals surface area contributed by atoms with Crippen molar-refractivity contribution in [2.75, 3.05) is 37.4 Å². The number of nitrogens with zero attached hydrogens (tertiary/aromatic N) is 8. The van der Waals surface area contributed by atoms with Crippen molar-refractivity contribution in [1.29, 1.82) is 1.45 Å². The van der Waals surface area contributed by atoms with Crippen molar-refractivity contribution in [2.45, 2.75) is 130 Å². The molecule has 399 valence electrons. The van der Waals surface area contributed by atoms with Crippen LogP contribution in [0.4, 0.5) is 16.4 Å². The summed E-state index contributed by atoms with van der Waals surface area (Å²) >= 11 is 5.97. The molecule has 1 unspecified atom stereocenters. The van der Waals surface area contributed by atoms with E-state index in [0.29, 0.717) is 59.4 Å². The fourth-order valence-corrected chi connectivity index (χ4v) is 8.39. The molecule has 71 heavy (non-hydrogen) atoms. The number of carbonyl (C=O) groups is 2. The number of hydrogen-bond donors (Lipinski definition) is 6. The first-order chi connectivity index (χ1) is 32.9. The first-order valence-electron chi connectivity index (χ1n) is 22.3. The third-order valence-electron chi connectivity index (χ3n) is 9.34. The van der Waals surface area contributed by atoms with Gasteiger partial charge in [0.25, 0.3) is 1.45 Å². The monoisotopic (exact) mass is 1120 g/mol. The maximum atomic E-state index is 14.0. The van der Waals surface area contributed by atoms with Crippen LogP contribution in [0.25, 0.3) is 22.3 Å². The zero-order valence-electron chi connectivity index (χ0n) is 42.1. The van der Waals surface area contributed by atoms with Gasteiger partial charge in [-0.25, -0.2) is 35.0 Å². The molecule has 4 heterocycles. The summed E-state index contributed by atoms with van der Waals surface area (Å²) in [4.78, 5) is 65.7. The predicted octanol–water partition coefficient (Wildman–Crippen LogP) is 6.78. The van der Waals surface area contributed by atoms with E-state index in [9.17, 15) is 18.7 Å². The Hall–Kier alpha value is -4.03. The number of halogens is 3. The molecular weight excluding hydrogens is 1050 g/mol. The summed E-state index contributed by atoms with van der Waals surface area (Å²) in [5.74, 6) is 0.0347. The molecule has 0 saturated heterocycles. The van der Waals surface area contributed by atoms with Crippen LogP contribution in [0, 0.1) is 0 Å². The van der Waals surface area contributed by atoms with E-state index >= 15 is 0 Å². The van der Waals surface area contributed by atoms with Crippen LogP contribution in [0.3, 0.4) is 0 Å². The number of benzene rings is 1. The number of nitrogens with one attached hydrogen (secondary N) is 1. The van der Waals surface area contributed by atoms with Crippen molar-refractivity contribution in [3.63, 3.8) is 0 Å². The molecule has 4 aromatic heterocycles. The Morgan fingerprint density at radius 2 is 1.21 bits per heavy atom. The molecule has 23 nitrogen and oxygen atoms in total. The molecular formula is C42H69Cl2FN12O11P2V. The summed E-state index contributed by atoms with van der Waals surface area (Å²) < 4.78 is 68.4. The van der Waals surface area contributed by atoms with Crippen LogP contribution in [0.15, 0.2) is 49.6 Å². The molecule has 0 aliphatic rings. The maximum Gasteiger partial charge on any atom is 0.350 e. The topological polar surface area (TPSA) is 332 Å². The number of imidazole rings is 2. The number of nitrogen functional groups attached to an aromatic ring is 2. The molecule has 1 radical (unpaired) electrons. The van der Waals surface area contributed by atoms with Crippen LogP contribution in [0.5, 0.6) is 5.75 Å². The van der Waals surface area contributed by atoms with Crippen LogP contribution >= 0.6 is 39.1 Å². The van der Waals surface area contributed by atoms with E-state index in [1.54, 1.807) is 74.3 Å². The number of hydrogen-bond acceptors (Lipinski definition) is 18. The second-order valence-electron chi connectivity index (χ2n) is 16.9. The number of esters is 2. The average Bonchev–Trinajstić information content (AvgIpc) is 3.91. The number of unbranched alkanes of at least 4 members (excludes halogenated alkanes) is 4. The number of rotatable bonds is 24.